The Bertz CT molecular complexity index is 1060. The van der Waals surface area contributed by atoms with Gasteiger partial charge >= 0.3 is 0 Å². The fraction of sp³-hybridized carbons (Fsp3) is 0.320. The lowest BCUT2D eigenvalue weighted by molar-refractivity contribution is -0.132. The topological polar surface area (TPSA) is 56.2 Å². The molecular weight excluding hydrogens is 439 g/mol. The molecule has 2 amide bonds. The first-order valence-corrected chi connectivity index (χ1v) is 12.0. The van der Waals surface area contributed by atoms with Crippen molar-refractivity contribution in [2.24, 2.45) is 4.99 Å². The molecule has 0 aliphatic carbocycles. The summed E-state index contributed by atoms with van der Waals surface area (Å²) in [5.74, 6) is -0.652. The summed E-state index contributed by atoms with van der Waals surface area (Å²) < 4.78 is 13.5. The van der Waals surface area contributed by atoms with Crippen molar-refractivity contribution in [1.82, 2.24) is 9.80 Å². The van der Waals surface area contributed by atoms with Crippen LogP contribution in [0.25, 0.3) is 6.08 Å². The zero-order valence-corrected chi connectivity index (χ0v) is 19.6. The molecule has 0 bridgehead atoms. The van der Waals surface area contributed by atoms with Crippen LogP contribution in [0.1, 0.15) is 19.4 Å². The number of benzene rings is 2. The summed E-state index contributed by atoms with van der Waals surface area (Å²) in [5.41, 5.74) is 1.65. The summed E-state index contributed by atoms with van der Waals surface area (Å²) in [7, 11) is 0. The molecule has 0 aromatic heterocycles. The minimum absolute atomic E-state index is 0.0328. The standard InChI is InChI=1S/C25H27FN4O2S/c1-3-28-13-15-29(16-14-28)23(31)18(2)33-25-27-22(17-19-7-5-4-6-8-19)24(32)30(25)21-11-9-20(26)10-12-21/h4-12,17-18H,3,13-16H2,1-2H3/b22-17+/t18-/m1/s1. The van der Waals surface area contributed by atoms with E-state index in [1.165, 1.54) is 28.8 Å². The Morgan fingerprint density at radius 1 is 1.09 bits per heavy atom. The quantitative estimate of drug-likeness (QED) is 0.628. The van der Waals surface area contributed by atoms with E-state index < -0.39 is 5.25 Å². The molecule has 0 unspecified atom stereocenters. The maximum absolute atomic E-state index is 13.5. The van der Waals surface area contributed by atoms with Gasteiger partial charge in [-0.05, 0) is 49.4 Å². The van der Waals surface area contributed by atoms with E-state index in [4.69, 9.17) is 0 Å². The maximum Gasteiger partial charge on any atom is 0.283 e. The van der Waals surface area contributed by atoms with Crippen LogP contribution < -0.4 is 4.90 Å². The highest BCUT2D eigenvalue weighted by Gasteiger charge is 2.35. The van der Waals surface area contributed by atoms with Gasteiger partial charge in [-0.15, -0.1) is 0 Å². The van der Waals surface area contributed by atoms with Gasteiger partial charge in [-0.2, -0.15) is 0 Å². The summed E-state index contributed by atoms with van der Waals surface area (Å²) in [6.07, 6.45) is 1.73. The van der Waals surface area contributed by atoms with Gasteiger partial charge in [0.15, 0.2) is 5.17 Å². The molecule has 2 aliphatic heterocycles. The lowest BCUT2D eigenvalue weighted by atomic mass is 10.2. The number of nitrogens with zero attached hydrogens (tertiary/aromatic N) is 4. The number of piperazine rings is 1. The van der Waals surface area contributed by atoms with Gasteiger partial charge in [-0.3, -0.25) is 14.5 Å². The van der Waals surface area contributed by atoms with E-state index in [2.05, 4.69) is 16.8 Å². The van der Waals surface area contributed by atoms with Gasteiger partial charge in [-0.1, -0.05) is 49.0 Å². The SMILES string of the molecule is CCN1CCN(C(=O)[C@@H](C)SC2=N/C(=C/c3ccccc3)C(=O)N2c2ccc(F)cc2)CC1. The predicted molar refractivity (Wildman–Crippen MR) is 131 cm³/mol. The molecule has 6 nitrogen and oxygen atoms in total. The van der Waals surface area contributed by atoms with Gasteiger partial charge in [0.2, 0.25) is 5.91 Å². The van der Waals surface area contributed by atoms with E-state index in [-0.39, 0.29) is 23.3 Å². The largest absolute Gasteiger partial charge is 0.339 e. The number of likely N-dealkylation sites (N-methyl/N-ethyl adjacent to an activating group) is 1. The minimum Gasteiger partial charge on any atom is -0.339 e. The van der Waals surface area contributed by atoms with Crippen LogP contribution in [0, 0.1) is 5.82 Å². The van der Waals surface area contributed by atoms with Crippen LogP contribution >= 0.6 is 11.8 Å². The summed E-state index contributed by atoms with van der Waals surface area (Å²) in [6.45, 7) is 8.07. The second-order valence-corrected chi connectivity index (χ2v) is 9.28. The molecule has 2 aromatic carbocycles. The third kappa shape index (κ3) is 5.34. The Morgan fingerprint density at radius 2 is 1.76 bits per heavy atom. The maximum atomic E-state index is 13.5. The van der Waals surface area contributed by atoms with E-state index in [0.29, 0.717) is 23.9 Å². The van der Waals surface area contributed by atoms with E-state index >= 15 is 0 Å². The number of anilines is 1. The predicted octanol–water partition coefficient (Wildman–Crippen LogP) is 3.86. The summed E-state index contributed by atoms with van der Waals surface area (Å²) >= 11 is 1.26. The van der Waals surface area contributed by atoms with Crippen molar-refractivity contribution in [1.29, 1.82) is 0 Å². The molecule has 1 saturated heterocycles. The number of carbonyl (C=O) groups excluding carboxylic acids is 2. The molecule has 1 fully saturated rings. The number of amidine groups is 1. The van der Waals surface area contributed by atoms with Gasteiger partial charge in [-0.25, -0.2) is 9.38 Å². The van der Waals surface area contributed by atoms with Crippen LogP contribution in [0.15, 0.2) is 65.3 Å². The summed E-state index contributed by atoms with van der Waals surface area (Å²) in [6, 6.07) is 15.2. The van der Waals surface area contributed by atoms with Crippen molar-refractivity contribution >= 4 is 40.5 Å². The first kappa shape index (κ1) is 23.2. The van der Waals surface area contributed by atoms with Gasteiger partial charge in [0, 0.05) is 26.2 Å². The summed E-state index contributed by atoms with van der Waals surface area (Å²) in [5, 5.41) is 0.00517. The molecule has 0 N–H and O–H groups in total. The third-order valence-corrected chi connectivity index (χ3v) is 6.82. The van der Waals surface area contributed by atoms with Crippen LogP contribution in [0.4, 0.5) is 10.1 Å². The number of hydrogen-bond donors (Lipinski definition) is 0. The number of thioether (sulfide) groups is 1. The van der Waals surface area contributed by atoms with Crippen molar-refractivity contribution in [3.63, 3.8) is 0 Å². The Kier molecular flexibility index (Phi) is 7.25. The summed E-state index contributed by atoms with van der Waals surface area (Å²) in [4.78, 5) is 36.6. The second-order valence-electron chi connectivity index (χ2n) is 7.97. The van der Waals surface area contributed by atoms with Crippen molar-refractivity contribution < 1.29 is 14.0 Å². The third-order valence-electron chi connectivity index (χ3n) is 5.78. The number of aliphatic imine (C=N–C) groups is 1. The van der Waals surface area contributed by atoms with Crippen LogP contribution in [0.2, 0.25) is 0 Å². The highest BCUT2D eigenvalue weighted by atomic mass is 32.2. The molecule has 0 saturated carbocycles. The van der Waals surface area contributed by atoms with Crippen molar-refractivity contribution in [3.05, 3.63) is 71.7 Å². The van der Waals surface area contributed by atoms with E-state index in [1.807, 2.05) is 42.2 Å². The first-order valence-electron chi connectivity index (χ1n) is 11.1. The van der Waals surface area contributed by atoms with Gasteiger partial charge in [0.25, 0.3) is 5.91 Å². The minimum atomic E-state index is -0.413. The average molecular weight is 467 g/mol. The Labute approximate surface area is 197 Å². The smallest absolute Gasteiger partial charge is 0.283 e. The second kappa shape index (κ2) is 10.3. The molecule has 2 aromatic rings. The molecule has 172 valence electrons. The van der Waals surface area contributed by atoms with Crippen LogP contribution in [-0.2, 0) is 9.59 Å². The average Bonchev–Trinajstić information content (AvgIpc) is 3.14. The number of amides is 2. The molecule has 1 atom stereocenters. The number of halogens is 1. The molecule has 4 rings (SSSR count). The van der Waals surface area contributed by atoms with Crippen molar-refractivity contribution in [2.75, 3.05) is 37.6 Å². The van der Waals surface area contributed by atoms with E-state index in [0.717, 1.165) is 25.2 Å². The Balaban J connectivity index is 1.57. The van der Waals surface area contributed by atoms with Crippen LogP contribution in [0.3, 0.4) is 0 Å². The van der Waals surface area contributed by atoms with Gasteiger partial charge in [0.05, 0.1) is 10.9 Å². The lowest BCUT2D eigenvalue weighted by Crippen LogP contribution is -2.50. The first-order chi connectivity index (χ1) is 16.0. The molecular formula is C25H27FN4O2S. The van der Waals surface area contributed by atoms with Gasteiger partial charge < -0.3 is 9.80 Å². The number of carbonyl (C=O) groups is 2. The lowest BCUT2D eigenvalue weighted by Gasteiger charge is -2.35. The van der Waals surface area contributed by atoms with Gasteiger partial charge in [0.1, 0.15) is 11.5 Å². The monoisotopic (exact) mass is 466 g/mol. The van der Waals surface area contributed by atoms with E-state index in [1.54, 1.807) is 18.2 Å². The van der Waals surface area contributed by atoms with E-state index in [9.17, 15) is 14.0 Å². The molecule has 2 aliphatic rings. The number of hydrogen-bond acceptors (Lipinski definition) is 5. The zero-order valence-electron chi connectivity index (χ0n) is 18.8. The normalized spacial score (nSPS) is 19.2. The Hall–Kier alpha value is -2.97. The Morgan fingerprint density at radius 3 is 2.39 bits per heavy atom. The number of rotatable bonds is 5. The fourth-order valence-electron chi connectivity index (χ4n) is 3.85. The molecule has 33 heavy (non-hydrogen) atoms. The molecule has 0 radical (unpaired) electrons. The van der Waals surface area contributed by atoms with Crippen molar-refractivity contribution in [3.8, 4) is 0 Å². The zero-order chi connectivity index (χ0) is 23.4. The van der Waals surface area contributed by atoms with Crippen molar-refractivity contribution in [2.45, 2.75) is 19.1 Å². The van der Waals surface area contributed by atoms with Crippen LogP contribution in [-0.4, -0.2) is 64.8 Å². The highest BCUT2D eigenvalue weighted by molar-refractivity contribution is 8.15. The fourth-order valence-corrected chi connectivity index (χ4v) is 4.86. The molecule has 2 heterocycles. The highest BCUT2D eigenvalue weighted by Crippen LogP contribution is 2.31. The molecule has 8 heteroatoms. The molecule has 0 spiro atoms. The van der Waals surface area contributed by atoms with Crippen LogP contribution in [0.5, 0.6) is 0 Å².